The molecule has 8 heteroatoms. The van der Waals surface area contributed by atoms with E-state index < -0.39 is 21.3 Å². The highest BCUT2D eigenvalue weighted by atomic mass is 32.2. The van der Waals surface area contributed by atoms with Crippen molar-refractivity contribution >= 4 is 21.1 Å². The molecule has 0 aromatic carbocycles. The summed E-state index contributed by atoms with van der Waals surface area (Å²) in [5, 5.41) is 8.46. The van der Waals surface area contributed by atoms with Crippen molar-refractivity contribution in [3.8, 4) is 0 Å². The molecular weight excluding hydrogens is 344 g/mol. The molecule has 1 aliphatic rings. The van der Waals surface area contributed by atoms with E-state index in [4.69, 9.17) is 5.11 Å². The van der Waals surface area contributed by atoms with Crippen LogP contribution in [0.15, 0.2) is 4.99 Å². The van der Waals surface area contributed by atoms with Gasteiger partial charge >= 0.3 is 10.1 Å². The highest BCUT2D eigenvalue weighted by molar-refractivity contribution is 8.01. The van der Waals surface area contributed by atoms with E-state index in [0.29, 0.717) is 6.42 Å². The molecule has 1 heterocycles. The van der Waals surface area contributed by atoms with Crippen LogP contribution in [-0.4, -0.2) is 59.7 Å². The minimum Gasteiger partial charge on any atom is -0.395 e. The minimum atomic E-state index is -4.47. The van der Waals surface area contributed by atoms with E-state index in [1.54, 1.807) is 0 Å². The first kappa shape index (κ1) is 22.1. The van der Waals surface area contributed by atoms with Crippen molar-refractivity contribution in [1.82, 2.24) is 4.90 Å². The Hall–Kier alpha value is -0.990. The number of aliphatic imine (C=N–C) groups is 1. The average molecular weight is 377 g/mol. The molecule has 0 amide bonds. The first-order valence-corrected chi connectivity index (χ1v) is 10.8. The predicted molar refractivity (Wildman–Crippen MR) is 98.3 cm³/mol. The second kappa shape index (κ2) is 11.6. The zero-order valence-corrected chi connectivity index (χ0v) is 16.0. The summed E-state index contributed by atoms with van der Waals surface area (Å²) < 4.78 is 31.8. The first-order valence-electron chi connectivity index (χ1n) is 9.34. The van der Waals surface area contributed by atoms with Gasteiger partial charge in [-0.25, -0.2) is 4.99 Å². The second-order valence-corrected chi connectivity index (χ2v) is 7.93. The molecule has 1 rings (SSSR count). The van der Waals surface area contributed by atoms with Gasteiger partial charge in [0, 0.05) is 19.5 Å². The van der Waals surface area contributed by atoms with E-state index in [1.165, 1.54) is 43.4 Å². The molecule has 1 unspecified atom stereocenters. The average Bonchev–Trinajstić information content (AvgIpc) is 2.98. The van der Waals surface area contributed by atoms with Crippen molar-refractivity contribution in [2.75, 3.05) is 19.7 Å². The smallest absolute Gasteiger partial charge is 0.328 e. The van der Waals surface area contributed by atoms with Gasteiger partial charge in [-0.05, 0) is 6.42 Å². The van der Waals surface area contributed by atoms with Crippen LogP contribution in [0.5, 0.6) is 0 Å². The monoisotopic (exact) mass is 376 g/mol. The molecule has 0 aromatic heterocycles. The van der Waals surface area contributed by atoms with Crippen molar-refractivity contribution < 1.29 is 22.9 Å². The topological polar surface area (TPSA) is 107 Å². The van der Waals surface area contributed by atoms with Crippen molar-refractivity contribution in [2.45, 2.75) is 77.2 Å². The van der Waals surface area contributed by atoms with Crippen LogP contribution in [0.3, 0.4) is 0 Å². The number of Topliss-reactive ketones (excluding diaryl/α,β-unsaturated/α-hetero) is 1. The fourth-order valence-corrected chi connectivity index (χ4v) is 3.78. The molecule has 7 nitrogen and oxygen atoms in total. The predicted octanol–water partition coefficient (Wildman–Crippen LogP) is 2.40. The lowest BCUT2D eigenvalue weighted by Gasteiger charge is -2.17. The quantitative estimate of drug-likeness (QED) is 0.377. The summed E-state index contributed by atoms with van der Waals surface area (Å²) in [6.45, 7) is 2.06. The molecule has 1 atom stereocenters. The van der Waals surface area contributed by atoms with Crippen molar-refractivity contribution in [1.29, 1.82) is 0 Å². The number of amidine groups is 1. The Balaban J connectivity index is 2.28. The maximum absolute atomic E-state index is 12.2. The number of nitrogens with zero attached hydrogens (tertiary/aromatic N) is 2. The van der Waals surface area contributed by atoms with Gasteiger partial charge in [0.15, 0.2) is 5.78 Å². The number of rotatable bonds is 13. The summed E-state index contributed by atoms with van der Waals surface area (Å²) in [5.41, 5.74) is 0. The normalized spacial score (nSPS) is 17.8. The standard InChI is InChI=1S/C17H32N2O5S/c1-2-3-4-5-6-7-8-9-10-11-16(21)15-14-19(12-13-20)17(18-15)25(22,23)24/h15,20H,2-14H2,1H3,(H,22,23,24). The SMILES string of the molecule is CCCCCCCCCCCC(=O)C1CN(CCO)C(S(=O)(=O)O)=N1. The van der Waals surface area contributed by atoms with Crippen LogP contribution in [0.25, 0.3) is 0 Å². The molecular formula is C17H32N2O5S. The Kier molecular flexibility index (Phi) is 10.2. The van der Waals surface area contributed by atoms with Crippen molar-refractivity contribution in [2.24, 2.45) is 4.99 Å². The maximum Gasteiger partial charge on any atom is 0.328 e. The molecule has 0 radical (unpaired) electrons. The summed E-state index contributed by atoms with van der Waals surface area (Å²) in [5.74, 6) is -0.107. The summed E-state index contributed by atoms with van der Waals surface area (Å²) in [6.07, 6.45) is 10.8. The van der Waals surface area contributed by atoms with Gasteiger partial charge in [-0.15, -0.1) is 0 Å². The number of ketones is 1. The van der Waals surface area contributed by atoms with E-state index in [0.717, 1.165) is 19.3 Å². The summed E-state index contributed by atoms with van der Waals surface area (Å²) in [4.78, 5) is 17.3. The number of carbonyl (C=O) groups excluding carboxylic acids is 1. The lowest BCUT2D eigenvalue weighted by atomic mass is 10.0. The molecule has 0 fully saturated rings. The molecule has 0 spiro atoms. The van der Waals surface area contributed by atoms with E-state index in [9.17, 15) is 17.8 Å². The highest BCUT2D eigenvalue weighted by Crippen LogP contribution is 2.17. The van der Waals surface area contributed by atoms with Gasteiger partial charge in [0.25, 0.3) is 0 Å². The first-order chi connectivity index (χ1) is 11.9. The lowest BCUT2D eigenvalue weighted by Crippen LogP contribution is -2.37. The van der Waals surface area contributed by atoms with Crippen LogP contribution in [0, 0.1) is 0 Å². The van der Waals surface area contributed by atoms with Gasteiger partial charge in [0.1, 0.15) is 6.04 Å². The van der Waals surface area contributed by atoms with E-state index in [2.05, 4.69) is 11.9 Å². The Morgan fingerprint density at radius 3 is 2.20 bits per heavy atom. The van der Waals surface area contributed by atoms with Crippen LogP contribution in [0.1, 0.15) is 71.1 Å². The van der Waals surface area contributed by atoms with Gasteiger partial charge in [-0.1, -0.05) is 58.3 Å². The summed E-state index contributed by atoms with van der Waals surface area (Å²) in [7, 11) is -4.47. The van der Waals surface area contributed by atoms with Crippen LogP contribution in [-0.2, 0) is 14.9 Å². The number of aliphatic hydroxyl groups is 1. The second-order valence-electron chi connectivity index (χ2n) is 6.62. The van der Waals surface area contributed by atoms with Crippen LogP contribution < -0.4 is 0 Å². The van der Waals surface area contributed by atoms with Crippen LogP contribution in [0.4, 0.5) is 0 Å². The molecule has 1 aliphatic heterocycles. The fourth-order valence-electron chi connectivity index (χ4n) is 3.03. The zero-order chi connectivity index (χ0) is 18.7. The third kappa shape index (κ3) is 8.29. The van der Waals surface area contributed by atoms with Crippen molar-refractivity contribution in [3.63, 3.8) is 0 Å². The molecule has 2 N–H and O–H groups in total. The molecule has 0 aliphatic carbocycles. The van der Waals surface area contributed by atoms with E-state index >= 15 is 0 Å². The van der Waals surface area contributed by atoms with E-state index in [1.807, 2.05) is 0 Å². The number of aliphatic hydroxyl groups excluding tert-OH is 1. The lowest BCUT2D eigenvalue weighted by molar-refractivity contribution is -0.120. The zero-order valence-electron chi connectivity index (χ0n) is 15.2. The molecule has 0 saturated carbocycles. The van der Waals surface area contributed by atoms with E-state index in [-0.39, 0.29) is 25.5 Å². The van der Waals surface area contributed by atoms with Crippen LogP contribution in [0.2, 0.25) is 0 Å². The number of unbranched alkanes of at least 4 members (excludes halogenated alkanes) is 8. The number of β-amino-alcohol motifs (C(OH)–C–C–N with tert-alkyl or cyclic N) is 1. The molecule has 0 aromatic rings. The molecule has 146 valence electrons. The van der Waals surface area contributed by atoms with Gasteiger partial charge in [-0.2, -0.15) is 8.42 Å². The number of hydrogen-bond donors (Lipinski definition) is 2. The third-order valence-electron chi connectivity index (χ3n) is 4.43. The van der Waals surface area contributed by atoms with Gasteiger partial charge in [-0.3, -0.25) is 9.35 Å². The van der Waals surface area contributed by atoms with Gasteiger partial charge in [0.05, 0.1) is 6.61 Å². The number of hydrogen-bond acceptors (Lipinski definition) is 6. The third-order valence-corrected chi connectivity index (χ3v) is 5.25. The summed E-state index contributed by atoms with van der Waals surface area (Å²) >= 11 is 0. The maximum atomic E-state index is 12.2. The van der Waals surface area contributed by atoms with Gasteiger partial charge < -0.3 is 10.0 Å². The van der Waals surface area contributed by atoms with Crippen molar-refractivity contribution in [3.05, 3.63) is 0 Å². The Morgan fingerprint density at radius 2 is 1.68 bits per heavy atom. The number of carbonyl (C=O) groups is 1. The molecule has 0 saturated heterocycles. The molecule has 0 bridgehead atoms. The highest BCUT2D eigenvalue weighted by Gasteiger charge is 2.35. The largest absolute Gasteiger partial charge is 0.395 e. The molecule has 25 heavy (non-hydrogen) atoms. The minimum absolute atomic E-state index is 0.0282. The Labute approximate surface area is 151 Å². The van der Waals surface area contributed by atoms with Gasteiger partial charge in [0.2, 0.25) is 5.17 Å². The Bertz CT molecular complexity index is 533. The summed E-state index contributed by atoms with van der Waals surface area (Å²) in [6, 6.07) is -0.766. The fraction of sp³-hybridized carbons (Fsp3) is 0.882. The van der Waals surface area contributed by atoms with Crippen LogP contribution >= 0.6 is 0 Å². The Morgan fingerprint density at radius 1 is 1.12 bits per heavy atom.